The van der Waals surface area contributed by atoms with E-state index >= 15 is 0 Å². The lowest BCUT2D eigenvalue weighted by molar-refractivity contribution is -0.146. The predicted octanol–water partition coefficient (Wildman–Crippen LogP) is 3.50. The summed E-state index contributed by atoms with van der Waals surface area (Å²) in [5.74, 6) is -0.593. The van der Waals surface area contributed by atoms with Crippen molar-refractivity contribution < 1.29 is 14.3 Å². The molecule has 1 aliphatic heterocycles. The van der Waals surface area contributed by atoms with Crippen LogP contribution in [0.4, 0.5) is 0 Å². The SMILES string of the molecule is CCOC(=O)C1/C=C(/c2ccccc2Cl)N(C)C(=O)CCC1. The third-order valence-electron chi connectivity index (χ3n) is 3.74. The van der Waals surface area contributed by atoms with Gasteiger partial charge >= 0.3 is 5.97 Å². The summed E-state index contributed by atoms with van der Waals surface area (Å²) < 4.78 is 5.13. The molecule has 0 bridgehead atoms. The van der Waals surface area contributed by atoms with E-state index < -0.39 is 0 Å². The van der Waals surface area contributed by atoms with E-state index in [2.05, 4.69) is 0 Å². The number of hydrogen-bond acceptors (Lipinski definition) is 3. The van der Waals surface area contributed by atoms with Gasteiger partial charge in [-0.05, 0) is 31.9 Å². The van der Waals surface area contributed by atoms with Gasteiger partial charge in [0, 0.05) is 29.8 Å². The number of rotatable bonds is 3. The molecule has 1 aromatic rings. The van der Waals surface area contributed by atoms with E-state index in [9.17, 15) is 9.59 Å². The van der Waals surface area contributed by atoms with E-state index in [1.165, 1.54) is 0 Å². The number of amides is 1. The summed E-state index contributed by atoms with van der Waals surface area (Å²) in [7, 11) is 1.71. The lowest BCUT2D eigenvalue weighted by Gasteiger charge is -2.26. The van der Waals surface area contributed by atoms with Gasteiger partial charge in [0.15, 0.2) is 0 Å². The van der Waals surface area contributed by atoms with Crippen molar-refractivity contribution in [3.8, 4) is 0 Å². The minimum atomic E-state index is -0.359. The van der Waals surface area contributed by atoms with Gasteiger partial charge in [-0.25, -0.2) is 0 Å². The molecule has 0 aliphatic carbocycles. The van der Waals surface area contributed by atoms with Crippen molar-refractivity contribution in [2.24, 2.45) is 5.92 Å². The first-order chi connectivity index (χ1) is 10.5. The van der Waals surface area contributed by atoms with Crippen LogP contribution in [0.15, 0.2) is 30.3 Å². The molecule has 0 radical (unpaired) electrons. The van der Waals surface area contributed by atoms with Crippen LogP contribution < -0.4 is 0 Å². The maximum absolute atomic E-state index is 12.2. The summed E-state index contributed by atoms with van der Waals surface area (Å²) in [6.07, 6.45) is 3.48. The molecule has 1 aliphatic rings. The van der Waals surface area contributed by atoms with Crippen LogP contribution in [0.1, 0.15) is 31.7 Å². The highest BCUT2D eigenvalue weighted by Crippen LogP contribution is 2.30. The van der Waals surface area contributed by atoms with Crippen LogP contribution in [0.3, 0.4) is 0 Å². The maximum Gasteiger partial charge on any atom is 0.312 e. The van der Waals surface area contributed by atoms with Gasteiger partial charge in [-0.3, -0.25) is 9.59 Å². The van der Waals surface area contributed by atoms with Crippen molar-refractivity contribution in [3.05, 3.63) is 40.9 Å². The molecule has 0 spiro atoms. The average molecular weight is 322 g/mol. The fraction of sp³-hybridized carbons (Fsp3) is 0.412. The van der Waals surface area contributed by atoms with Crippen molar-refractivity contribution in [2.75, 3.05) is 13.7 Å². The second-order valence-corrected chi connectivity index (χ2v) is 5.64. The van der Waals surface area contributed by atoms with Crippen molar-refractivity contribution in [1.82, 2.24) is 4.90 Å². The molecule has 0 N–H and O–H groups in total. The number of nitrogens with zero attached hydrogens (tertiary/aromatic N) is 1. The highest BCUT2D eigenvalue weighted by atomic mass is 35.5. The van der Waals surface area contributed by atoms with Crippen LogP contribution in [-0.2, 0) is 14.3 Å². The Hall–Kier alpha value is -1.81. The number of benzene rings is 1. The topological polar surface area (TPSA) is 46.6 Å². The number of carbonyl (C=O) groups is 2. The van der Waals surface area contributed by atoms with Crippen molar-refractivity contribution in [1.29, 1.82) is 0 Å². The van der Waals surface area contributed by atoms with Gasteiger partial charge < -0.3 is 9.64 Å². The predicted molar refractivity (Wildman–Crippen MR) is 86.2 cm³/mol. The number of carbonyl (C=O) groups excluding carboxylic acids is 2. The van der Waals surface area contributed by atoms with Crippen molar-refractivity contribution >= 4 is 29.2 Å². The molecule has 0 fully saturated rings. The summed E-state index contributed by atoms with van der Waals surface area (Å²) in [5, 5.41) is 0.552. The van der Waals surface area contributed by atoms with Gasteiger partial charge in [0.25, 0.3) is 0 Å². The van der Waals surface area contributed by atoms with Crippen LogP contribution in [0.25, 0.3) is 5.70 Å². The monoisotopic (exact) mass is 321 g/mol. The van der Waals surface area contributed by atoms with Gasteiger partial charge in [-0.15, -0.1) is 0 Å². The van der Waals surface area contributed by atoms with Crippen LogP contribution >= 0.6 is 11.6 Å². The third-order valence-corrected chi connectivity index (χ3v) is 4.07. The lowest BCUT2D eigenvalue weighted by atomic mass is 9.95. The average Bonchev–Trinajstić information content (AvgIpc) is 2.49. The van der Waals surface area contributed by atoms with Crippen molar-refractivity contribution in [3.63, 3.8) is 0 Å². The number of halogens is 1. The molecule has 22 heavy (non-hydrogen) atoms. The fourth-order valence-electron chi connectivity index (χ4n) is 2.54. The van der Waals surface area contributed by atoms with E-state index in [0.29, 0.717) is 36.6 Å². The summed E-state index contributed by atoms with van der Waals surface area (Å²) in [4.78, 5) is 25.9. The standard InChI is InChI=1S/C17H20ClNO3/c1-3-22-17(21)12-7-6-10-16(20)19(2)15(11-12)13-8-4-5-9-14(13)18/h4-5,8-9,11-12H,3,6-7,10H2,1-2H3/b15-11-. The minimum Gasteiger partial charge on any atom is -0.466 e. The zero-order chi connectivity index (χ0) is 16.1. The quantitative estimate of drug-likeness (QED) is 0.800. The van der Waals surface area contributed by atoms with E-state index in [1.807, 2.05) is 18.2 Å². The molecule has 1 heterocycles. The number of hydrogen-bond donors (Lipinski definition) is 0. The Morgan fingerprint density at radius 3 is 2.82 bits per heavy atom. The molecule has 1 amide bonds. The molecular weight excluding hydrogens is 302 g/mol. The Bertz CT molecular complexity index is 597. The fourth-order valence-corrected chi connectivity index (χ4v) is 2.77. The molecule has 1 aromatic carbocycles. The Labute approximate surface area is 135 Å². The Morgan fingerprint density at radius 2 is 2.14 bits per heavy atom. The molecule has 1 unspecified atom stereocenters. The Morgan fingerprint density at radius 1 is 1.41 bits per heavy atom. The van der Waals surface area contributed by atoms with E-state index in [-0.39, 0.29) is 17.8 Å². The summed E-state index contributed by atoms with van der Waals surface area (Å²) in [6, 6.07) is 7.31. The lowest BCUT2D eigenvalue weighted by Crippen LogP contribution is -2.29. The Balaban J connectivity index is 2.46. The molecular formula is C17H20ClNO3. The Kier molecular flexibility index (Phi) is 5.61. The van der Waals surface area contributed by atoms with Crippen LogP contribution in [0.5, 0.6) is 0 Å². The molecule has 4 nitrogen and oxygen atoms in total. The molecule has 1 atom stereocenters. The largest absolute Gasteiger partial charge is 0.466 e. The van der Waals surface area contributed by atoms with Crippen LogP contribution in [0, 0.1) is 5.92 Å². The molecule has 0 saturated heterocycles. The van der Waals surface area contributed by atoms with Crippen molar-refractivity contribution in [2.45, 2.75) is 26.2 Å². The van der Waals surface area contributed by atoms with Crippen LogP contribution in [0.2, 0.25) is 5.02 Å². The zero-order valence-electron chi connectivity index (χ0n) is 12.8. The third kappa shape index (κ3) is 3.69. The summed E-state index contributed by atoms with van der Waals surface area (Å²) >= 11 is 6.26. The van der Waals surface area contributed by atoms with E-state index in [1.54, 1.807) is 31.0 Å². The molecule has 5 heteroatoms. The maximum atomic E-state index is 12.2. The smallest absolute Gasteiger partial charge is 0.312 e. The van der Waals surface area contributed by atoms with Gasteiger partial charge in [0.05, 0.1) is 12.5 Å². The highest BCUT2D eigenvalue weighted by molar-refractivity contribution is 6.32. The minimum absolute atomic E-state index is 0.0217. The molecule has 0 saturated carbocycles. The van der Waals surface area contributed by atoms with E-state index in [0.717, 1.165) is 5.56 Å². The first-order valence-corrected chi connectivity index (χ1v) is 7.82. The van der Waals surface area contributed by atoms with Crippen LogP contribution in [-0.4, -0.2) is 30.4 Å². The van der Waals surface area contributed by atoms with E-state index in [4.69, 9.17) is 16.3 Å². The second kappa shape index (κ2) is 7.45. The van der Waals surface area contributed by atoms with Gasteiger partial charge in [-0.1, -0.05) is 29.8 Å². The van der Waals surface area contributed by atoms with Gasteiger partial charge in [0.2, 0.25) is 5.91 Å². The normalized spacial score (nSPS) is 21.6. The summed E-state index contributed by atoms with van der Waals surface area (Å²) in [6.45, 7) is 2.13. The van der Waals surface area contributed by atoms with Gasteiger partial charge in [0.1, 0.15) is 0 Å². The highest BCUT2D eigenvalue weighted by Gasteiger charge is 2.26. The van der Waals surface area contributed by atoms with Gasteiger partial charge in [-0.2, -0.15) is 0 Å². The summed E-state index contributed by atoms with van der Waals surface area (Å²) in [5.41, 5.74) is 1.41. The number of esters is 1. The second-order valence-electron chi connectivity index (χ2n) is 5.24. The first-order valence-electron chi connectivity index (χ1n) is 7.44. The molecule has 118 valence electrons. The number of ether oxygens (including phenoxy) is 1. The molecule has 0 aromatic heterocycles. The molecule has 2 rings (SSSR count). The zero-order valence-corrected chi connectivity index (χ0v) is 13.6. The first kappa shape index (κ1) is 16.6.